The molecule has 0 bridgehead atoms. The third kappa shape index (κ3) is 5.06. The molecular formula is C15H26N2O2S2. The highest BCUT2D eigenvalue weighted by molar-refractivity contribution is 7.89. The van der Waals surface area contributed by atoms with Gasteiger partial charge < -0.3 is 0 Å². The summed E-state index contributed by atoms with van der Waals surface area (Å²) in [6.07, 6.45) is 3.05. The summed E-state index contributed by atoms with van der Waals surface area (Å²) in [5.74, 6) is 0.989. The Labute approximate surface area is 132 Å². The largest absolute Gasteiger partial charge is 0.294 e. The Balaban J connectivity index is 2.03. The molecule has 120 valence electrons. The predicted molar refractivity (Wildman–Crippen MR) is 89.1 cm³/mol. The highest BCUT2D eigenvalue weighted by Crippen LogP contribution is 2.29. The van der Waals surface area contributed by atoms with E-state index in [-0.39, 0.29) is 11.8 Å². The Morgan fingerprint density at radius 1 is 1.43 bits per heavy atom. The number of rotatable bonds is 7. The number of nitrogens with one attached hydrogen (secondary N) is 1. The molecule has 1 aromatic heterocycles. The normalized spacial score (nSPS) is 19.7. The van der Waals surface area contributed by atoms with E-state index < -0.39 is 10.0 Å². The molecule has 1 unspecified atom stereocenters. The quantitative estimate of drug-likeness (QED) is 0.836. The molecule has 1 fully saturated rings. The first kappa shape index (κ1) is 16.9. The summed E-state index contributed by atoms with van der Waals surface area (Å²) in [6, 6.07) is 4.32. The molecule has 0 aromatic carbocycles. The van der Waals surface area contributed by atoms with Crippen LogP contribution in [0.4, 0.5) is 0 Å². The molecular weight excluding hydrogens is 304 g/mol. The van der Waals surface area contributed by atoms with Crippen LogP contribution >= 0.6 is 11.3 Å². The maximum absolute atomic E-state index is 11.9. The molecule has 0 spiro atoms. The topological polar surface area (TPSA) is 49.4 Å². The van der Waals surface area contributed by atoms with Gasteiger partial charge in [0.25, 0.3) is 0 Å². The minimum Gasteiger partial charge on any atom is -0.294 e. The van der Waals surface area contributed by atoms with Crippen LogP contribution in [-0.4, -0.2) is 38.7 Å². The number of thiophene rings is 1. The van der Waals surface area contributed by atoms with E-state index in [9.17, 15) is 8.42 Å². The van der Waals surface area contributed by atoms with Crippen LogP contribution in [0.25, 0.3) is 0 Å². The molecule has 1 aromatic rings. The zero-order valence-electron chi connectivity index (χ0n) is 12.9. The summed E-state index contributed by atoms with van der Waals surface area (Å²) >= 11 is 1.71. The van der Waals surface area contributed by atoms with Gasteiger partial charge >= 0.3 is 0 Å². The highest BCUT2D eigenvalue weighted by Gasteiger charge is 2.26. The fraction of sp³-hybridized carbons (Fsp3) is 0.733. The van der Waals surface area contributed by atoms with Crippen molar-refractivity contribution in [1.29, 1.82) is 0 Å². The second-order valence-corrected chi connectivity index (χ2v) is 8.82. The monoisotopic (exact) mass is 330 g/mol. The summed E-state index contributed by atoms with van der Waals surface area (Å²) in [4.78, 5) is 3.68. The molecule has 0 saturated carbocycles. The lowest BCUT2D eigenvalue weighted by molar-refractivity contribution is 0.141. The average molecular weight is 331 g/mol. The Morgan fingerprint density at radius 3 is 2.71 bits per heavy atom. The minimum atomic E-state index is -3.14. The van der Waals surface area contributed by atoms with Crippen LogP contribution in [0.5, 0.6) is 0 Å². The smallest absolute Gasteiger partial charge is 0.211 e. The van der Waals surface area contributed by atoms with E-state index in [1.165, 1.54) is 17.7 Å². The van der Waals surface area contributed by atoms with Crippen LogP contribution in [-0.2, 0) is 10.0 Å². The Morgan fingerprint density at radius 2 is 2.14 bits per heavy atom. The zero-order chi connectivity index (χ0) is 15.3. The van der Waals surface area contributed by atoms with E-state index in [0.717, 1.165) is 19.0 Å². The van der Waals surface area contributed by atoms with Crippen LogP contribution in [0.2, 0.25) is 0 Å². The van der Waals surface area contributed by atoms with Gasteiger partial charge in [-0.3, -0.25) is 4.90 Å². The molecule has 0 radical (unpaired) electrons. The summed E-state index contributed by atoms with van der Waals surface area (Å²) in [6.45, 7) is 6.78. The predicted octanol–water partition coefficient (Wildman–Crippen LogP) is 2.85. The molecule has 21 heavy (non-hydrogen) atoms. The van der Waals surface area contributed by atoms with E-state index in [4.69, 9.17) is 0 Å². The first-order chi connectivity index (χ1) is 10.0. The number of piperidine rings is 1. The number of likely N-dealkylation sites (tertiary alicyclic amines) is 1. The van der Waals surface area contributed by atoms with Gasteiger partial charge in [0.05, 0.1) is 11.8 Å². The Hall–Kier alpha value is -0.430. The van der Waals surface area contributed by atoms with Crippen molar-refractivity contribution < 1.29 is 8.42 Å². The summed E-state index contributed by atoms with van der Waals surface area (Å²) in [5, 5.41) is 2.06. The van der Waals surface area contributed by atoms with Crippen LogP contribution < -0.4 is 4.72 Å². The van der Waals surface area contributed by atoms with E-state index in [0.29, 0.717) is 13.0 Å². The summed E-state index contributed by atoms with van der Waals surface area (Å²) in [7, 11) is -3.14. The van der Waals surface area contributed by atoms with Gasteiger partial charge in [-0.1, -0.05) is 19.9 Å². The molecule has 1 aliphatic heterocycles. The number of hydrogen-bond acceptors (Lipinski definition) is 4. The van der Waals surface area contributed by atoms with Crippen molar-refractivity contribution in [2.75, 3.05) is 25.4 Å². The molecule has 4 nitrogen and oxygen atoms in total. The summed E-state index contributed by atoms with van der Waals surface area (Å²) < 4.78 is 26.6. The van der Waals surface area contributed by atoms with Gasteiger partial charge in [0, 0.05) is 11.4 Å². The highest BCUT2D eigenvalue weighted by atomic mass is 32.2. The molecule has 0 amide bonds. The number of hydrogen-bond donors (Lipinski definition) is 1. The molecule has 1 aliphatic rings. The lowest BCUT2D eigenvalue weighted by Crippen LogP contribution is -2.42. The van der Waals surface area contributed by atoms with Crippen LogP contribution in [0.1, 0.15) is 44.0 Å². The van der Waals surface area contributed by atoms with Crippen molar-refractivity contribution >= 4 is 21.4 Å². The zero-order valence-corrected chi connectivity index (χ0v) is 14.5. The van der Waals surface area contributed by atoms with Gasteiger partial charge in [0.15, 0.2) is 0 Å². The van der Waals surface area contributed by atoms with Crippen molar-refractivity contribution in [3.05, 3.63) is 22.4 Å². The molecule has 1 saturated heterocycles. The third-order valence-corrected chi connectivity index (χ3v) is 6.63. The van der Waals surface area contributed by atoms with Crippen LogP contribution in [0.15, 0.2) is 17.5 Å². The van der Waals surface area contributed by atoms with Gasteiger partial charge in [0.1, 0.15) is 0 Å². The average Bonchev–Trinajstić information content (AvgIpc) is 2.95. The molecule has 2 rings (SSSR count). The number of sulfonamides is 1. The SMILES string of the molecule is CCCS(=O)(=O)NCC(c1cccs1)N1CCC(C)CC1. The fourth-order valence-electron chi connectivity index (χ4n) is 2.78. The first-order valence-electron chi connectivity index (χ1n) is 7.76. The molecule has 1 atom stereocenters. The van der Waals surface area contributed by atoms with E-state index >= 15 is 0 Å². The van der Waals surface area contributed by atoms with Gasteiger partial charge in [-0.25, -0.2) is 13.1 Å². The second kappa shape index (κ2) is 7.72. The van der Waals surface area contributed by atoms with Crippen LogP contribution in [0, 0.1) is 5.92 Å². The fourth-order valence-corrected chi connectivity index (χ4v) is 4.73. The van der Waals surface area contributed by atoms with Crippen LogP contribution in [0.3, 0.4) is 0 Å². The van der Waals surface area contributed by atoms with Crippen molar-refractivity contribution in [3.63, 3.8) is 0 Å². The van der Waals surface area contributed by atoms with Gasteiger partial charge in [-0.15, -0.1) is 11.3 Å². The number of nitrogens with zero attached hydrogens (tertiary/aromatic N) is 1. The van der Waals surface area contributed by atoms with Crippen molar-refractivity contribution in [3.8, 4) is 0 Å². The second-order valence-electron chi connectivity index (χ2n) is 5.92. The molecule has 0 aliphatic carbocycles. The summed E-state index contributed by atoms with van der Waals surface area (Å²) in [5.41, 5.74) is 0. The van der Waals surface area contributed by atoms with E-state index in [1.54, 1.807) is 11.3 Å². The molecule has 1 N–H and O–H groups in total. The first-order valence-corrected chi connectivity index (χ1v) is 10.3. The lowest BCUT2D eigenvalue weighted by Gasteiger charge is -2.36. The maximum Gasteiger partial charge on any atom is 0.211 e. The van der Waals surface area contributed by atoms with Gasteiger partial charge in [0.2, 0.25) is 10.0 Å². The van der Waals surface area contributed by atoms with E-state index in [1.807, 2.05) is 13.0 Å². The van der Waals surface area contributed by atoms with Gasteiger partial charge in [-0.05, 0) is 49.7 Å². The van der Waals surface area contributed by atoms with Gasteiger partial charge in [-0.2, -0.15) is 0 Å². The Kier molecular flexibility index (Phi) is 6.22. The third-order valence-electron chi connectivity index (χ3n) is 4.10. The maximum atomic E-state index is 11.9. The molecule has 2 heterocycles. The Bertz CT molecular complexity index is 506. The molecule has 6 heteroatoms. The van der Waals surface area contributed by atoms with Crippen molar-refractivity contribution in [2.45, 2.75) is 39.2 Å². The minimum absolute atomic E-state index is 0.170. The van der Waals surface area contributed by atoms with Crippen molar-refractivity contribution in [1.82, 2.24) is 9.62 Å². The standard InChI is InChI=1S/C15H26N2O2S2/c1-3-11-21(18,19)16-12-14(15-5-4-10-20-15)17-8-6-13(2)7-9-17/h4-5,10,13-14,16H,3,6-9,11-12H2,1-2H3. The van der Waals surface area contributed by atoms with Crippen molar-refractivity contribution in [2.24, 2.45) is 5.92 Å². The van der Waals surface area contributed by atoms with E-state index in [2.05, 4.69) is 28.0 Å². The lowest BCUT2D eigenvalue weighted by atomic mass is 9.97.